The normalized spacial score (nSPS) is 28.4. The molecule has 4 atom stereocenters. The van der Waals surface area contributed by atoms with Gasteiger partial charge >= 0.3 is 0 Å². The summed E-state index contributed by atoms with van der Waals surface area (Å²) in [6.07, 6.45) is -2.00. The lowest BCUT2D eigenvalue weighted by Gasteiger charge is -2.47. The molecular formula is C25H21NO8. The van der Waals surface area contributed by atoms with Gasteiger partial charge < -0.3 is 31.3 Å². The number of amides is 1. The maximum Gasteiger partial charge on any atom is 0.255 e. The van der Waals surface area contributed by atoms with Crippen LogP contribution in [0.25, 0.3) is 16.9 Å². The molecule has 7 N–H and O–H groups in total. The van der Waals surface area contributed by atoms with Crippen LogP contribution in [0.15, 0.2) is 59.4 Å². The predicted octanol–water partition coefficient (Wildman–Crippen LogP) is 1.58. The Hall–Kier alpha value is -3.95. The second-order valence-corrected chi connectivity index (χ2v) is 8.84. The van der Waals surface area contributed by atoms with Crippen molar-refractivity contribution in [1.29, 1.82) is 0 Å². The fourth-order valence-corrected chi connectivity index (χ4v) is 5.53. The first-order chi connectivity index (χ1) is 16.1. The maximum atomic E-state index is 13.5. The molecule has 0 aromatic heterocycles. The number of rotatable bonds is 2. The standard InChI is InChI=1S/C25H21NO8/c26-24(33)19-15(28)9-11-8-13-17(22(31)25(11,34)23(19)32)21(30)18-14(27)7-6-12(16(18)20(13)29)10-4-2-1-3-5-10/h1-7,11,13,20,27,29-30,32,34H,8-9H2,(H2,26,33). The van der Waals surface area contributed by atoms with Gasteiger partial charge in [0.05, 0.1) is 11.7 Å². The fourth-order valence-electron chi connectivity index (χ4n) is 5.53. The molecule has 1 saturated carbocycles. The van der Waals surface area contributed by atoms with Gasteiger partial charge in [-0.15, -0.1) is 0 Å². The molecule has 4 unspecified atom stereocenters. The lowest BCUT2D eigenvalue weighted by Crippen LogP contribution is -2.58. The molecule has 0 radical (unpaired) electrons. The molecule has 3 aliphatic rings. The van der Waals surface area contributed by atoms with Crippen molar-refractivity contribution < 1.29 is 39.9 Å². The van der Waals surface area contributed by atoms with Gasteiger partial charge in [-0.3, -0.25) is 14.4 Å². The van der Waals surface area contributed by atoms with Gasteiger partial charge in [-0.1, -0.05) is 36.4 Å². The average molecular weight is 463 g/mol. The number of phenolic OH excluding ortho intramolecular Hbond substituents is 1. The summed E-state index contributed by atoms with van der Waals surface area (Å²) in [6.45, 7) is 0. The number of ketones is 2. The Kier molecular flexibility index (Phi) is 4.68. The first kappa shape index (κ1) is 21.9. The van der Waals surface area contributed by atoms with Crippen LogP contribution >= 0.6 is 0 Å². The second kappa shape index (κ2) is 7.28. The maximum absolute atomic E-state index is 13.5. The molecule has 0 heterocycles. The third kappa shape index (κ3) is 2.71. The van der Waals surface area contributed by atoms with Crippen molar-refractivity contribution in [2.75, 3.05) is 0 Å². The van der Waals surface area contributed by atoms with E-state index in [9.17, 15) is 39.9 Å². The van der Waals surface area contributed by atoms with E-state index in [1.54, 1.807) is 30.3 Å². The Balaban J connectivity index is 1.76. The molecule has 0 bridgehead atoms. The highest BCUT2D eigenvalue weighted by Gasteiger charge is 2.61. The number of aromatic hydroxyl groups is 1. The molecule has 0 saturated heterocycles. The van der Waals surface area contributed by atoms with Crippen LogP contribution in [0.2, 0.25) is 0 Å². The Morgan fingerprint density at radius 2 is 1.71 bits per heavy atom. The number of nitrogens with two attached hydrogens (primary N) is 1. The molecule has 2 aromatic carbocycles. The van der Waals surface area contributed by atoms with E-state index in [2.05, 4.69) is 0 Å². The highest BCUT2D eigenvalue weighted by molar-refractivity contribution is 6.22. The number of phenols is 1. The summed E-state index contributed by atoms with van der Waals surface area (Å²) in [5.74, 6) is -7.68. The van der Waals surface area contributed by atoms with Gasteiger partial charge in [0.1, 0.15) is 22.8 Å². The Bertz CT molecular complexity index is 1340. The summed E-state index contributed by atoms with van der Waals surface area (Å²) < 4.78 is 0. The summed E-state index contributed by atoms with van der Waals surface area (Å²) in [4.78, 5) is 37.7. The van der Waals surface area contributed by atoms with Gasteiger partial charge in [-0.2, -0.15) is 0 Å². The number of primary amides is 1. The summed E-state index contributed by atoms with van der Waals surface area (Å²) in [5, 5.41) is 54.9. The van der Waals surface area contributed by atoms with Crippen LogP contribution in [0, 0.1) is 11.8 Å². The van der Waals surface area contributed by atoms with Crippen molar-refractivity contribution in [2.24, 2.45) is 17.6 Å². The van der Waals surface area contributed by atoms with Gasteiger partial charge in [0.2, 0.25) is 5.78 Å². The first-order valence-electron chi connectivity index (χ1n) is 10.7. The lowest BCUT2D eigenvalue weighted by molar-refractivity contribution is -0.149. The molecule has 1 amide bonds. The van der Waals surface area contributed by atoms with Crippen LogP contribution in [-0.2, 0) is 14.4 Å². The minimum absolute atomic E-state index is 0.159. The zero-order valence-corrected chi connectivity index (χ0v) is 17.7. The molecular weight excluding hydrogens is 442 g/mol. The van der Waals surface area contributed by atoms with E-state index in [1.807, 2.05) is 6.07 Å². The van der Waals surface area contributed by atoms with Gasteiger partial charge in [-0.05, 0) is 23.6 Å². The van der Waals surface area contributed by atoms with Crippen LogP contribution < -0.4 is 5.73 Å². The van der Waals surface area contributed by atoms with Crippen LogP contribution in [0.3, 0.4) is 0 Å². The van der Waals surface area contributed by atoms with Crippen LogP contribution in [-0.4, -0.2) is 48.6 Å². The number of carbonyl (C=O) groups excluding carboxylic acids is 3. The number of aliphatic hydroxyl groups excluding tert-OH is 3. The molecule has 2 aromatic rings. The van der Waals surface area contributed by atoms with Crippen molar-refractivity contribution in [3.05, 3.63) is 70.5 Å². The highest BCUT2D eigenvalue weighted by atomic mass is 16.3. The zero-order chi connectivity index (χ0) is 24.5. The van der Waals surface area contributed by atoms with Crippen molar-refractivity contribution in [2.45, 2.75) is 24.5 Å². The Morgan fingerprint density at radius 1 is 1.03 bits per heavy atom. The van der Waals surface area contributed by atoms with Crippen molar-refractivity contribution in [3.8, 4) is 16.9 Å². The van der Waals surface area contributed by atoms with E-state index < -0.39 is 75.8 Å². The lowest BCUT2D eigenvalue weighted by atomic mass is 9.58. The molecule has 0 spiro atoms. The van der Waals surface area contributed by atoms with E-state index in [4.69, 9.17) is 5.73 Å². The SMILES string of the molecule is NC(=O)C1=C(O)C2(O)C(=O)C3=C(O)c4c(O)ccc(-c5ccccc5)c4C(O)C3CC2CC1=O. The molecule has 0 aliphatic heterocycles. The van der Waals surface area contributed by atoms with Gasteiger partial charge in [0, 0.05) is 29.4 Å². The summed E-state index contributed by atoms with van der Waals surface area (Å²) in [5.41, 5.74) is 2.50. The summed E-state index contributed by atoms with van der Waals surface area (Å²) in [6, 6.07) is 11.9. The minimum atomic E-state index is -2.68. The van der Waals surface area contributed by atoms with Gasteiger partial charge in [0.15, 0.2) is 11.4 Å². The summed E-state index contributed by atoms with van der Waals surface area (Å²) >= 11 is 0. The van der Waals surface area contributed by atoms with Crippen molar-refractivity contribution in [3.63, 3.8) is 0 Å². The van der Waals surface area contributed by atoms with Crippen molar-refractivity contribution >= 4 is 23.2 Å². The number of benzene rings is 2. The topological polar surface area (TPSA) is 178 Å². The van der Waals surface area contributed by atoms with Crippen molar-refractivity contribution in [1.82, 2.24) is 0 Å². The largest absolute Gasteiger partial charge is 0.508 e. The average Bonchev–Trinajstić information content (AvgIpc) is 2.79. The number of fused-ring (bicyclic) bond motifs is 3. The molecule has 9 nitrogen and oxygen atoms in total. The number of hydrogen-bond donors (Lipinski definition) is 6. The highest BCUT2D eigenvalue weighted by Crippen LogP contribution is 2.56. The molecule has 3 aliphatic carbocycles. The Morgan fingerprint density at radius 3 is 2.35 bits per heavy atom. The third-order valence-corrected chi connectivity index (χ3v) is 7.12. The first-order valence-corrected chi connectivity index (χ1v) is 10.7. The minimum Gasteiger partial charge on any atom is -0.508 e. The monoisotopic (exact) mass is 463 g/mol. The van der Waals surface area contributed by atoms with E-state index in [0.717, 1.165) is 0 Å². The van der Waals surface area contributed by atoms with E-state index >= 15 is 0 Å². The fraction of sp³-hybridized carbons (Fsp3) is 0.240. The smallest absolute Gasteiger partial charge is 0.255 e. The number of hydrogen-bond acceptors (Lipinski definition) is 8. The quantitative estimate of drug-likeness (QED) is 0.363. The van der Waals surface area contributed by atoms with E-state index in [0.29, 0.717) is 11.1 Å². The zero-order valence-electron chi connectivity index (χ0n) is 17.7. The number of Topliss-reactive ketones (excluding diaryl/α,β-unsaturated/α-hetero) is 2. The van der Waals surface area contributed by atoms with Gasteiger partial charge in [-0.25, -0.2) is 0 Å². The number of aliphatic hydroxyl groups is 4. The van der Waals surface area contributed by atoms with Gasteiger partial charge in [0.25, 0.3) is 5.91 Å². The molecule has 1 fully saturated rings. The molecule has 9 heteroatoms. The predicted molar refractivity (Wildman–Crippen MR) is 118 cm³/mol. The van der Waals surface area contributed by atoms with Crippen LogP contribution in [0.1, 0.15) is 30.1 Å². The third-order valence-electron chi connectivity index (χ3n) is 7.12. The molecule has 174 valence electrons. The van der Waals surface area contributed by atoms with E-state index in [1.165, 1.54) is 6.07 Å². The molecule has 34 heavy (non-hydrogen) atoms. The van der Waals surface area contributed by atoms with E-state index in [-0.39, 0.29) is 17.5 Å². The second-order valence-electron chi connectivity index (χ2n) is 8.84. The Labute approximate surface area is 193 Å². The number of carbonyl (C=O) groups is 3. The summed E-state index contributed by atoms with van der Waals surface area (Å²) in [7, 11) is 0. The van der Waals surface area contributed by atoms with Crippen LogP contribution in [0.5, 0.6) is 5.75 Å². The molecule has 5 rings (SSSR count). The van der Waals surface area contributed by atoms with Crippen LogP contribution in [0.4, 0.5) is 0 Å².